The van der Waals surface area contributed by atoms with Crippen LogP contribution in [0.25, 0.3) is 0 Å². The number of hydrogen-bond acceptors (Lipinski definition) is 1. The first-order valence-corrected chi connectivity index (χ1v) is 9.03. The maximum Gasteiger partial charge on any atom is 0.0202 e. The van der Waals surface area contributed by atoms with Crippen molar-refractivity contribution in [1.29, 1.82) is 0 Å². The molecule has 20 heavy (non-hydrogen) atoms. The van der Waals surface area contributed by atoms with Gasteiger partial charge in [0.1, 0.15) is 0 Å². The van der Waals surface area contributed by atoms with E-state index in [0.29, 0.717) is 5.41 Å². The zero-order valence-corrected chi connectivity index (χ0v) is 14.3. The van der Waals surface area contributed by atoms with Crippen LogP contribution in [0, 0.1) is 0 Å². The number of benzene rings is 1. The second kappa shape index (κ2) is 8.19. The van der Waals surface area contributed by atoms with Crippen molar-refractivity contribution in [3.8, 4) is 0 Å². The van der Waals surface area contributed by atoms with Gasteiger partial charge in [0.15, 0.2) is 0 Å². The average Bonchev–Trinajstić information content (AvgIpc) is 2.41. The predicted molar refractivity (Wildman–Crippen MR) is 91.3 cm³/mol. The van der Waals surface area contributed by atoms with Crippen LogP contribution in [0.1, 0.15) is 63.9 Å². The van der Waals surface area contributed by atoms with E-state index in [4.69, 9.17) is 0 Å². The molecular formula is C18H28BrN. The highest BCUT2D eigenvalue weighted by Crippen LogP contribution is 2.34. The molecule has 2 heteroatoms. The minimum absolute atomic E-state index is 0.421. The Morgan fingerprint density at radius 3 is 2.10 bits per heavy atom. The maximum absolute atomic E-state index is 3.53. The molecule has 1 aromatic carbocycles. The Kier molecular flexibility index (Phi) is 6.57. The molecule has 0 unspecified atom stereocenters. The highest BCUT2D eigenvalue weighted by atomic mass is 79.9. The zero-order chi connectivity index (χ0) is 14.3. The minimum Gasteiger partial charge on any atom is -0.315 e. The van der Waals surface area contributed by atoms with Gasteiger partial charge in [0.2, 0.25) is 0 Å². The zero-order valence-electron chi connectivity index (χ0n) is 12.8. The molecule has 1 aliphatic heterocycles. The van der Waals surface area contributed by atoms with Gasteiger partial charge >= 0.3 is 0 Å². The van der Waals surface area contributed by atoms with E-state index < -0.39 is 0 Å². The average molecular weight is 338 g/mol. The van der Waals surface area contributed by atoms with E-state index >= 15 is 0 Å². The largest absolute Gasteiger partial charge is 0.315 e. The van der Waals surface area contributed by atoms with Gasteiger partial charge in [0, 0.05) is 23.0 Å². The van der Waals surface area contributed by atoms with Crippen molar-refractivity contribution >= 4 is 15.9 Å². The first-order valence-electron chi connectivity index (χ1n) is 8.24. The monoisotopic (exact) mass is 337 g/mol. The first kappa shape index (κ1) is 16.0. The van der Waals surface area contributed by atoms with Crippen LogP contribution >= 0.6 is 15.9 Å². The molecule has 0 bridgehead atoms. The van der Waals surface area contributed by atoms with Crippen molar-refractivity contribution in [1.82, 2.24) is 5.32 Å². The van der Waals surface area contributed by atoms with Crippen LogP contribution in [-0.4, -0.2) is 13.1 Å². The fourth-order valence-corrected chi connectivity index (χ4v) is 3.44. The lowest BCUT2D eigenvalue weighted by Crippen LogP contribution is -2.56. The Labute approximate surface area is 132 Å². The minimum atomic E-state index is 0.421. The van der Waals surface area contributed by atoms with E-state index in [1.54, 1.807) is 0 Å². The van der Waals surface area contributed by atoms with Gasteiger partial charge in [0.05, 0.1) is 0 Å². The summed E-state index contributed by atoms with van der Waals surface area (Å²) >= 11 is 3.53. The Morgan fingerprint density at radius 1 is 0.950 bits per heavy atom. The predicted octanol–water partition coefficient (Wildman–Crippen LogP) is 5.43. The number of nitrogens with one attached hydrogen (secondary N) is 1. The summed E-state index contributed by atoms with van der Waals surface area (Å²) < 4.78 is 1.18. The lowest BCUT2D eigenvalue weighted by Gasteiger charge is -2.43. The Balaban J connectivity index is 1.73. The van der Waals surface area contributed by atoms with Gasteiger partial charge < -0.3 is 5.32 Å². The van der Waals surface area contributed by atoms with Crippen molar-refractivity contribution in [3.05, 3.63) is 34.3 Å². The molecule has 0 aliphatic carbocycles. The van der Waals surface area contributed by atoms with Gasteiger partial charge in [-0.3, -0.25) is 0 Å². The van der Waals surface area contributed by atoms with E-state index in [2.05, 4.69) is 52.4 Å². The second-order valence-corrected chi connectivity index (χ2v) is 7.18. The summed E-state index contributed by atoms with van der Waals surface area (Å²) in [4.78, 5) is 0. The van der Waals surface area contributed by atoms with E-state index in [1.807, 2.05) is 0 Å². The molecule has 0 amide bonds. The molecule has 0 radical (unpaired) electrons. The molecule has 0 spiro atoms. The summed E-state index contributed by atoms with van der Waals surface area (Å²) in [6, 6.07) is 8.96. The molecular weight excluding hydrogens is 310 g/mol. The molecule has 1 N–H and O–H groups in total. The van der Waals surface area contributed by atoms with E-state index in [1.165, 1.54) is 61.4 Å². The van der Waals surface area contributed by atoms with Gasteiger partial charge in [-0.2, -0.15) is 0 Å². The van der Waals surface area contributed by atoms with Gasteiger partial charge in [-0.05, 0) is 24.1 Å². The van der Waals surface area contributed by atoms with Crippen LogP contribution in [-0.2, 0) is 5.41 Å². The molecule has 2 rings (SSSR count). The molecule has 0 atom stereocenters. The summed E-state index contributed by atoms with van der Waals surface area (Å²) in [5.74, 6) is 0. The highest BCUT2D eigenvalue weighted by Gasteiger charge is 2.37. The van der Waals surface area contributed by atoms with Crippen LogP contribution in [0.2, 0.25) is 0 Å². The van der Waals surface area contributed by atoms with E-state index in [9.17, 15) is 0 Å². The molecule has 0 aromatic heterocycles. The summed E-state index contributed by atoms with van der Waals surface area (Å²) in [5.41, 5.74) is 1.94. The number of rotatable bonds is 9. The third-order valence-electron chi connectivity index (χ3n) is 4.64. The maximum atomic E-state index is 3.53. The highest BCUT2D eigenvalue weighted by molar-refractivity contribution is 9.10. The Morgan fingerprint density at radius 2 is 1.55 bits per heavy atom. The summed E-state index contributed by atoms with van der Waals surface area (Å²) in [7, 11) is 0. The molecule has 112 valence electrons. The quantitative estimate of drug-likeness (QED) is 0.592. The normalized spacial score (nSPS) is 16.9. The molecule has 0 saturated carbocycles. The van der Waals surface area contributed by atoms with Gasteiger partial charge in [0.25, 0.3) is 0 Å². The van der Waals surface area contributed by atoms with E-state index in [0.717, 1.165) is 13.1 Å². The lowest BCUT2D eigenvalue weighted by atomic mass is 9.71. The molecule has 1 aliphatic rings. The fourth-order valence-electron chi connectivity index (χ4n) is 3.18. The smallest absolute Gasteiger partial charge is 0.0202 e. The third kappa shape index (κ3) is 4.33. The van der Waals surface area contributed by atoms with Gasteiger partial charge in [-0.15, -0.1) is 0 Å². The molecule has 1 saturated heterocycles. The third-order valence-corrected chi connectivity index (χ3v) is 5.17. The summed E-state index contributed by atoms with van der Waals surface area (Å²) in [5, 5.41) is 3.47. The molecule has 1 nitrogen and oxygen atoms in total. The van der Waals surface area contributed by atoms with Crippen molar-refractivity contribution in [3.63, 3.8) is 0 Å². The van der Waals surface area contributed by atoms with Crippen LogP contribution in [0.4, 0.5) is 0 Å². The Bertz CT molecular complexity index is 381. The second-order valence-electron chi connectivity index (χ2n) is 6.26. The topological polar surface area (TPSA) is 12.0 Å². The van der Waals surface area contributed by atoms with Gasteiger partial charge in [-0.25, -0.2) is 0 Å². The Hall–Kier alpha value is -0.340. The molecule has 1 heterocycles. The van der Waals surface area contributed by atoms with Crippen LogP contribution < -0.4 is 5.32 Å². The standard InChI is InChI=1S/C18H28BrN/c1-2-3-4-5-6-7-8-13-18(14-20-15-18)16-9-11-17(19)12-10-16/h9-12,20H,2-8,13-15H2,1H3. The number of unbranched alkanes of at least 4 members (excludes halogenated alkanes) is 6. The summed E-state index contributed by atoms with van der Waals surface area (Å²) in [6.45, 7) is 4.60. The fraction of sp³-hybridized carbons (Fsp3) is 0.667. The molecule has 1 fully saturated rings. The van der Waals surface area contributed by atoms with Gasteiger partial charge in [-0.1, -0.05) is 79.9 Å². The first-order chi connectivity index (χ1) is 9.77. The number of hydrogen-bond donors (Lipinski definition) is 1. The van der Waals surface area contributed by atoms with Crippen LogP contribution in [0.15, 0.2) is 28.7 Å². The van der Waals surface area contributed by atoms with Crippen LogP contribution in [0.5, 0.6) is 0 Å². The van der Waals surface area contributed by atoms with Crippen molar-refractivity contribution in [2.45, 2.75) is 63.7 Å². The van der Waals surface area contributed by atoms with Crippen LogP contribution in [0.3, 0.4) is 0 Å². The molecule has 1 aromatic rings. The van der Waals surface area contributed by atoms with Crippen molar-refractivity contribution in [2.24, 2.45) is 0 Å². The van der Waals surface area contributed by atoms with Crippen molar-refractivity contribution < 1.29 is 0 Å². The SMILES string of the molecule is CCCCCCCCCC1(c2ccc(Br)cc2)CNC1. The summed E-state index contributed by atoms with van der Waals surface area (Å²) in [6.07, 6.45) is 11.2. The lowest BCUT2D eigenvalue weighted by molar-refractivity contribution is 0.249. The van der Waals surface area contributed by atoms with E-state index in [-0.39, 0.29) is 0 Å². The number of halogens is 1. The van der Waals surface area contributed by atoms with Crippen molar-refractivity contribution in [2.75, 3.05) is 13.1 Å².